The summed E-state index contributed by atoms with van der Waals surface area (Å²) in [5.41, 5.74) is 5.92. The van der Waals surface area contributed by atoms with Gasteiger partial charge in [-0.1, -0.05) is 12.1 Å². The quantitative estimate of drug-likeness (QED) is 0.840. The van der Waals surface area contributed by atoms with Crippen LogP contribution in [0.15, 0.2) is 44.9 Å². The van der Waals surface area contributed by atoms with Gasteiger partial charge in [0.15, 0.2) is 17.3 Å². The van der Waals surface area contributed by atoms with Crippen LogP contribution in [0.2, 0.25) is 0 Å². The smallest absolute Gasteiger partial charge is 0.228 e. The molecule has 0 bridgehead atoms. The number of nitrogens with two attached hydrogens (primary N) is 1. The zero-order valence-corrected chi connectivity index (χ0v) is 14.1. The van der Waals surface area contributed by atoms with E-state index in [1.165, 1.54) is 14.2 Å². The van der Waals surface area contributed by atoms with Crippen LogP contribution < -0.4 is 25.4 Å². The molecule has 26 heavy (non-hydrogen) atoms. The Morgan fingerprint density at radius 3 is 2.73 bits per heavy atom. The molecule has 3 N–H and O–H groups in total. The van der Waals surface area contributed by atoms with E-state index in [-0.39, 0.29) is 28.7 Å². The van der Waals surface area contributed by atoms with Crippen LogP contribution in [0.4, 0.5) is 0 Å². The summed E-state index contributed by atoms with van der Waals surface area (Å²) in [6.45, 7) is -0.481. The number of nitrogens with zero attached hydrogens (tertiary/aromatic N) is 1. The third-order valence-corrected chi connectivity index (χ3v) is 4.03. The molecule has 0 radical (unpaired) electrons. The van der Waals surface area contributed by atoms with Gasteiger partial charge < -0.3 is 29.5 Å². The molecule has 0 saturated carbocycles. The van der Waals surface area contributed by atoms with Crippen molar-refractivity contribution < 1.29 is 23.7 Å². The van der Waals surface area contributed by atoms with Gasteiger partial charge in [-0.15, -0.1) is 0 Å². The third-order valence-electron chi connectivity index (χ3n) is 4.03. The van der Waals surface area contributed by atoms with E-state index in [1.807, 2.05) is 6.07 Å². The van der Waals surface area contributed by atoms with E-state index >= 15 is 0 Å². The summed E-state index contributed by atoms with van der Waals surface area (Å²) >= 11 is 0. The number of allylic oxidation sites excluding steroid dienone is 1. The minimum atomic E-state index is -0.854. The lowest BCUT2D eigenvalue weighted by atomic mass is 9.86. The molecule has 1 aromatic carbocycles. The molecule has 1 aliphatic rings. The van der Waals surface area contributed by atoms with Gasteiger partial charge >= 0.3 is 0 Å². The molecular weight excluding hydrogens is 340 g/mol. The number of fused-ring (bicyclic) bond motifs is 1. The van der Waals surface area contributed by atoms with Crippen LogP contribution in [0.3, 0.4) is 0 Å². The second kappa shape index (κ2) is 6.82. The molecule has 0 amide bonds. The summed E-state index contributed by atoms with van der Waals surface area (Å²) in [6.07, 6.45) is 0. The number of hydrogen-bond acceptors (Lipinski definition) is 8. The Labute approximate surface area is 148 Å². The van der Waals surface area contributed by atoms with E-state index in [0.29, 0.717) is 17.1 Å². The van der Waals surface area contributed by atoms with Crippen LogP contribution in [-0.4, -0.2) is 19.3 Å². The Morgan fingerprint density at radius 1 is 1.35 bits per heavy atom. The highest BCUT2D eigenvalue weighted by molar-refractivity contribution is 5.58. The van der Waals surface area contributed by atoms with Gasteiger partial charge in [-0.05, 0) is 6.07 Å². The van der Waals surface area contributed by atoms with Gasteiger partial charge in [-0.25, -0.2) is 0 Å². The third kappa shape index (κ3) is 2.64. The number of methoxy groups -OCH3 is 2. The molecule has 0 spiro atoms. The molecule has 2 aromatic rings. The lowest BCUT2D eigenvalue weighted by Gasteiger charge is -2.26. The molecule has 0 unspecified atom stereocenters. The zero-order valence-electron chi connectivity index (χ0n) is 14.1. The Bertz CT molecular complexity index is 986. The van der Waals surface area contributed by atoms with Gasteiger partial charge in [-0.3, -0.25) is 4.79 Å². The van der Waals surface area contributed by atoms with Crippen LogP contribution in [0, 0.1) is 11.3 Å². The minimum Gasteiger partial charge on any atom is -0.493 e. The molecule has 1 atom stereocenters. The van der Waals surface area contributed by atoms with Crippen LogP contribution in [0.5, 0.6) is 17.2 Å². The summed E-state index contributed by atoms with van der Waals surface area (Å²) in [7, 11) is 2.94. The fourth-order valence-electron chi connectivity index (χ4n) is 2.91. The highest BCUT2D eigenvalue weighted by atomic mass is 16.5. The van der Waals surface area contributed by atoms with Gasteiger partial charge in [0.2, 0.25) is 17.1 Å². The number of nitriles is 1. The fourth-order valence-corrected chi connectivity index (χ4v) is 2.91. The molecule has 0 fully saturated rings. The van der Waals surface area contributed by atoms with Crippen molar-refractivity contribution in [3.63, 3.8) is 0 Å². The Balaban J connectivity index is 2.35. The number of benzene rings is 1. The van der Waals surface area contributed by atoms with Gasteiger partial charge in [0, 0.05) is 11.6 Å². The maximum atomic E-state index is 12.3. The second-order valence-corrected chi connectivity index (χ2v) is 5.44. The van der Waals surface area contributed by atoms with Crippen LogP contribution in [-0.2, 0) is 6.61 Å². The Hall–Kier alpha value is -3.44. The SMILES string of the molecule is COc1cccc([C@@H]2C(C#N)=C(N)Oc3c2oc(CO)cc3=O)c1OC. The van der Waals surface area contributed by atoms with Crippen molar-refractivity contribution >= 4 is 0 Å². The number of aliphatic hydroxyl groups is 1. The van der Waals surface area contributed by atoms with Crippen LogP contribution in [0.1, 0.15) is 23.0 Å². The first kappa shape index (κ1) is 17.4. The summed E-state index contributed by atoms with van der Waals surface area (Å²) in [5, 5.41) is 19.0. The summed E-state index contributed by atoms with van der Waals surface area (Å²) in [6, 6.07) is 8.23. The Morgan fingerprint density at radius 2 is 2.12 bits per heavy atom. The number of hydrogen-bond donors (Lipinski definition) is 2. The maximum Gasteiger partial charge on any atom is 0.228 e. The first-order chi connectivity index (χ1) is 12.5. The van der Waals surface area contributed by atoms with Crippen molar-refractivity contribution in [3.8, 4) is 23.3 Å². The van der Waals surface area contributed by atoms with Crippen molar-refractivity contribution in [2.45, 2.75) is 12.5 Å². The second-order valence-electron chi connectivity index (χ2n) is 5.44. The lowest BCUT2D eigenvalue weighted by Crippen LogP contribution is -2.25. The van der Waals surface area contributed by atoms with Crippen molar-refractivity contribution in [1.29, 1.82) is 5.26 Å². The summed E-state index contributed by atoms with van der Waals surface area (Å²) in [5.74, 6) is -0.263. The number of aliphatic hydroxyl groups excluding tert-OH is 1. The number of rotatable bonds is 4. The van der Waals surface area contributed by atoms with E-state index in [9.17, 15) is 15.2 Å². The van der Waals surface area contributed by atoms with Crippen molar-refractivity contribution in [1.82, 2.24) is 0 Å². The fraction of sp³-hybridized carbons (Fsp3) is 0.222. The standard InChI is InChI=1S/C18H16N2O6/c1-23-13-5-3-4-10(15(13)24-2)14-11(7-19)18(20)26-16-12(22)6-9(8-21)25-17(14)16/h3-6,14,21H,8,20H2,1-2H3/t14-/m1/s1. The molecule has 134 valence electrons. The average Bonchev–Trinajstić information content (AvgIpc) is 2.66. The minimum absolute atomic E-state index is 0.0435. The lowest BCUT2D eigenvalue weighted by molar-refractivity contribution is 0.231. The molecule has 8 heteroatoms. The van der Waals surface area contributed by atoms with Crippen molar-refractivity contribution in [2.75, 3.05) is 14.2 Å². The van der Waals surface area contributed by atoms with Crippen LogP contribution in [0.25, 0.3) is 0 Å². The summed E-state index contributed by atoms with van der Waals surface area (Å²) in [4.78, 5) is 12.3. The zero-order chi connectivity index (χ0) is 18.8. The average molecular weight is 356 g/mol. The predicted molar refractivity (Wildman–Crippen MR) is 89.7 cm³/mol. The van der Waals surface area contributed by atoms with Gasteiger partial charge in [0.05, 0.1) is 20.1 Å². The molecule has 8 nitrogen and oxygen atoms in total. The van der Waals surface area contributed by atoms with Gasteiger partial charge in [-0.2, -0.15) is 5.26 Å². The highest BCUT2D eigenvalue weighted by Gasteiger charge is 2.37. The molecule has 1 aromatic heterocycles. The van der Waals surface area contributed by atoms with E-state index in [4.69, 9.17) is 24.4 Å². The molecule has 3 rings (SSSR count). The predicted octanol–water partition coefficient (Wildman–Crippen LogP) is 1.37. The molecule has 2 heterocycles. The molecule has 0 saturated heterocycles. The molecule has 0 aliphatic carbocycles. The number of para-hydroxylation sites is 1. The first-order valence-corrected chi connectivity index (χ1v) is 7.61. The first-order valence-electron chi connectivity index (χ1n) is 7.61. The van der Waals surface area contributed by atoms with Crippen molar-refractivity contribution in [3.05, 3.63) is 63.0 Å². The van der Waals surface area contributed by atoms with E-state index < -0.39 is 18.0 Å². The Kier molecular flexibility index (Phi) is 4.56. The largest absolute Gasteiger partial charge is 0.493 e. The highest BCUT2D eigenvalue weighted by Crippen LogP contribution is 2.46. The van der Waals surface area contributed by atoms with Crippen molar-refractivity contribution in [2.24, 2.45) is 5.73 Å². The topological polar surface area (TPSA) is 128 Å². The van der Waals surface area contributed by atoms with E-state index in [1.54, 1.807) is 18.2 Å². The number of ether oxygens (including phenoxy) is 3. The summed E-state index contributed by atoms with van der Waals surface area (Å²) < 4.78 is 21.7. The monoisotopic (exact) mass is 356 g/mol. The maximum absolute atomic E-state index is 12.3. The molecule has 1 aliphatic heterocycles. The van der Waals surface area contributed by atoms with Crippen LogP contribution >= 0.6 is 0 Å². The van der Waals surface area contributed by atoms with Gasteiger partial charge in [0.25, 0.3) is 0 Å². The molecular formula is C18H16N2O6. The van der Waals surface area contributed by atoms with E-state index in [0.717, 1.165) is 6.07 Å². The van der Waals surface area contributed by atoms with Gasteiger partial charge in [0.1, 0.15) is 24.0 Å². The van der Waals surface area contributed by atoms with E-state index in [2.05, 4.69) is 0 Å². The normalized spacial score (nSPS) is 15.7.